The summed E-state index contributed by atoms with van der Waals surface area (Å²) in [5, 5.41) is 2.63. The lowest BCUT2D eigenvalue weighted by Crippen LogP contribution is -2.12. The van der Waals surface area contributed by atoms with Crippen molar-refractivity contribution in [3.63, 3.8) is 0 Å². The fraction of sp³-hybridized carbons (Fsp3) is 0.222. The number of nitrogens with one attached hydrogen (secondary N) is 1. The number of hydrogen-bond donors (Lipinski definition) is 1. The summed E-state index contributed by atoms with van der Waals surface area (Å²) in [4.78, 5) is 11.1. The van der Waals surface area contributed by atoms with E-state index in [1.165, 1.54) is 6.07 Å². The molecule has 0 saturated heterocycles. The van der Waals surface area contributed by atoms with Crippen molar-refractivity contribution in [2.45, 2.75) is 13.5 Å². The Morgan fingerprint density at radius 3 is 3.00 bits per heavy atom. The number of halogens is 1. The third-order valence-corrected chi connectivity index (χ3v) is 2.07. The molecule has 62 valence electrons. The van der Waals surface area contributed by atoms with Gasteiger partial charge in [-0.1, -0.05) is 6.07 Å². The molecule has 0 radical (unpaired) electrons. The highest BCUT2D eigenvalue weighted by Crippen LogP contribution is 2.19. The van der Waals surface area contributed by atoms with Gasteiger partial charge in [0.25, 0.3) is 5.91 Å². The Morgan fingerprint density at radius 2 is 2.25 bits per heavy atom. The van der Waals surface area contributed by atoms with Crippen molar-refractivity contribution < 1.29 is 9.18 Å². The summed E-state index contributed by atoms with van der Waals surface area (Å²) in [6, 6.07) is 3.01. The summed E-state index contributed by atoms with van der Waals surface area (Å²) in [6.45, 7) is 2.22. The molecular weight excluding hydrogens is 157 g/mol. The lowest BCUT2D eigenvalue weighted by Gasteiger charge is -1.98. The van der Waals surface area contributed by atoms with Gasteiger partial charge in [0.05, 0.1) is 0 Å². The summed E-state index contributed by atoms with van der Waals surface area (Å²) in [5.41, 5.74) is 1.95. The first kappa shape index (κ1) is 7.28. The molecule has 0 aliphatic carbocycles. The number of carbonyl (C=O) groups excluding carboxylic acids is 1. The first-order valence-corrected chi connectivity index (χ1v) is 3.75. The number of rotatable bonds is 0. The molecule has 3 heteroatoms. The number of hydrogen-bond acceptors (Lipinski definition) is 1. The molecule has 0 aromatic heterocycles. The summed E-state index contributed by atoms with van der Waals surface area (Å²) < 4.78 is 13.0. The maximum atomic E-state index is 13.0. The molecule has 0 saturated carbocycles. The van der Waals surface area contributed by atoms with Crippen molar-refractivity contribution in [1.29, 1.82) is 0 Å². The zero-order valence-electron chi connectivity index (χ0n) is 6.65. The molecule has 0 spiro atoms. The first-order chi connectivity index (χ1) is 5.68. The minimum absolute atomic E-state index is 0.177. The van der Waals surface area contributed by atoms with Crippen molar-refractivity contribution in [2.24, 2.45) is 0 Å². The van der Waals surface area contributed by atoms with Gasteiger partial charge in [0.15, 0.2) is 0 Å². The van der Waals surface area contributed by atoms with Crippen molar-refractivity contribution in [1.82, 2.24) is 5.32 Å². The highest BCUT2D eigenvalue weighted by molar-refractivity contribution is 5.98. The van der Waals surface area contributed by atoms with Crippen LogP contribution >= 0.6 is 0 Å². The maximum Gasteiger partial charge on any atom is 0.252 e. The topological polar surface area (TPSA) is 29.1 Å². The van der Waals surface area contributed by atoms with E-state index in [4.69, 9.17) is 0 Å². The Bertz CT molecular complexity index is 360. The second kappa shape index (κ2) is 2.30. The van der Waals surface area contributed by atoms with E-state index >= 15 is 0 Å². The predicted molar refractivity (Wildman–Crippen MR) is 42.3 cm³/mol. The Hall–Kier alpha value is -1.38. The third-order valence-electron chi connectivity index (χ3n) is 2.07. The quantitative estimate of drug-likeness (QED) is 0.618. The van der Waals surface area contributed by atoms with Crippen molar-refractivity contribution in [3.8, 4) is 0 Å². The number of amides is 1. The number of aryl methyl sites for hydroxylation is 1. The maximum absolute atomic E-state index is 13.0. The molecule has 0 atom stereocenters. The fourth-order valence-corrected chi connectivity index (χ4v) is 1.37. The van der Waals surface area contributed by atoms with E-state index in [1.54, 1.807) is 13.0 Å². The van der Waals surface area contributed by atoms with Crippen LogP contribution in [0.1, 0.15) is 21.5 Å². The molecular formula is C9H8FNO. The zero-order valence-corrected chi connectivity index (χ0v) is 6.65. The molecule has 1 heterocycles. The molecule has 0 fully saturated rings. The highest BCUT2D eigenvalue weighted by Gasteiger charge is 2.19. The molecule has 0 unspecified atom stereocenters. The average molecular weight is 165 g/mol. The highest BCUT2D eigenvalue weighted by atomic mass is 19.1. The molecule has 1 aromatic carbocycles. The Balaban J connectivity index is 2.63. The van der Waals surface area contributed by atoms with E-state index in [0.29, 0.717) is 17.7 Å². The minimum Gasteiger partial charge on any atom is -0.348 e. The van der Waals surface area contributed by atoms with Gasteiger partial charge in [-0.3, -0.25) is 4.79 Å². The normalized spacial score (nSPS) is 14.3. The van der Waals surface area contributed by atoms with E-state index in [2.05, 4.69) is 5.32 Å². The Labute approximate surface area is 69.4 Å². The summed E-state index contributed by atoms with van der Waals surface area (Å²) in [5.74, 6) is -0.491. The summed E-state index contributed by atoms with van der Waals surface area (Å²) >= 11 is 0. The van der Waals surface area contributed by atoms with Crippen LogP contribution in [0.3, 0.4) is 0 Å². The van der Waals surface area contributed by atoms with Crippen LogP contribution in [0.15, 0.2) is 12.1 Å². The van der Waals surface area contributed by atoms with Crippen LogP contribution in [-0.4, -0.2) is 5.91 Å². The van der Waals surface area contributed by atoms with Crippen LogP contribution < -0.4 is 5.32 Å². The summed E-state index contributed by atoms with van der Waals surface area (Å²) in [6.07, 6.45) is 0. The van der Waals surface area contributed by atoms with Crippen LogP contribution in [0.4, 0.5) is 4.39 Å². The lowest BCUT2D eigenvalue weighted by molar-refractivity contribution is 0.0965. The molecule has 1 amide bonds. The fourth-order valence-electron chi connectivity index (χ4n) is 1.37. The van der Waals surface area contributed by atoms with Crippen molar-refractivity contribution in [3.05, 3.63) is 34.6 Å². The standard InChI is InChI=1S/C9H8FNO/c1-5-2-6-4-11-9(12)7(6)3-8(5)10/h2-3H,4H2,1H3,(H,11,12). The second-order valence-corrected chi connectivity index (χ2v) is 2.94. The van der Waals surface area contributed by atoms with Crippen LogP contribution in [0.2, 0.25) is 0 Å². The Kier molecular flexibility index (Phi) is 1.40. The molecule has 1 aromatic rings. The van der Waals surface area contributed by atoms with E-state index in [1.807, 2.05) is 0 Å². The third kappa shape index (κ3) is 0.897. The molecule has 1 aliphatic heterocycles. The number of fused-ring (bicyclic) bond motifs is 1. The van der Waals surface area contributed by atoms with Gasteiger partial charge in [0.1, 0.15) is 5.82 Å². The minimum atomic E-state index is -0.314. The van der Waals surface area contributed by atoms with E-state index < -0.39 is 0 Å². The average Bonchev–Trinajstić information content (AvgIpc) is 2.35. The van der Waals surface area contributed by atoms with Gasteiger partial charge in [-0.05, 0) is 24.1 Å². The molecule has 1 N–H and O–H groups in total. The van der Waals surface area contributed by atoms with Crippen LogP contribution in [-0.2, 0) is 6.54 Å². The van der Waals surface area contributed by atoms with Gasteiger partial charge < -0.3 is 5.32 Å². The monoisotopic (exact) mass is 165 g/mol. The smallest absolute Gasteiger partial charge is 0.252 e. The number of benzene rings is 1. The summed E-state index contributed by atoms with van der Waals surface area (Å²) in [7, 11) is 0. The molecule has 2 nitrogen and oxygen atoms in total. The molecule has 12 heavy (non-hydrogen) atoms. The largest absolute Gasteiger partial charge is 0.348 e. The van der Waals surface area contributed by atoms with Crippen molar-refractivity contribution in [2.75, 3.05) is 0 Å². The van der Waals surface area contributed by atoms with Gasteiger partial charge in [-0.2, -0.15) is 0 Å². The van der Waals surface area contributed by atoms with Gasteiger partial charge in [-0.15, -0.1) is 0 Å². The SMILES string of the molecule is Cc1cc2c(cc1F)C(=O)NC2. The number of carbonyl (C=O) groups is 1. The van der Waals surface area contributed by atoms with Gasteiger partial charge in [-0.25, -0.2) is 4.39 Å². The second-order valence-electron chi connectivity index (χ2n) is 2.94. The van der Waals surface area contributed by atoms with E-state index in [-0.39, 0.29) is 11.7 Å². The molecule has 2 rings (SSSR count). The van der Waals surface area contributed by atoms with Gasteiger partial charge in [0.2, 0.25) is 0 Å². The lowest BCUT2D eigenvalue weighted by atomic mass is 10.1. The zero-order chi connectivity index (χ0) is 8.72. The molecule has 1 aliphatic rings. The molecule has 0 bridgehead atoms. The first-order valence-electron chi connectivity index (χ1n) is 3.75. The van der Waals surface area contributed by atoms with Crippen LogP contribution in [0.25, 0.3) is 0 Å². The van der Waals surface area contributed by atoms with Crippen LogP contribution in [0.5, 0.6) is 0 Å². The van der Waals surface area contributed by atoms with Gasteiger partial charge in [0, 0.05) is 12.1 Å². The van der Waals surface area contributed by atoms with Crippen LogP contribution in [0, 0.1) is 12.7 Å². The van der Waals surface area contributed by atoms with Crippen molar-refractivity contribution >= 4 is 5.91 Å². The Morgan fingerprint density at radius 1 is 1.50 bits per heavy atom. The van der Waals surface area contributed by atoms with E-state index in [9.17, 15) is 9.18 Å². The van der Waals surface area contributed by atoms with E-state index in [0.717, 1.165) is 5.56 Å². The predicted octanol–water partition coefficient (Wildman–Crippen LogP) is 1.38. The van der Waals surface area contributed by atoms with Gasteiger partial charge >= 0.3 is 0 Å².